The van der Waals surface area contributed by atoms with E-state index in [4.69, 9.17) is 0 Å². The lowest BCUT2D eigenvalue weighted by atomic mass is 9.99. The molecule has 1 N–H and O–H groups in total. The summed E-state index contributed by atoms with van der Waals surface area (Å²) in [4.78, 5) is 3.49. The number of thiazole rings is 1. The minimum absolute atomic E-state index is 0.224. The molecule has 0 spiro atoms. The summed E-state index contributed by atoms with van der Waals surface area (Å²) in [5.41, 5.74) is -1.28. The molecule has 0 aliphatic rings. The Balaban J connectivity index is 2.88. The average Bonchev–Trinajstić information content (AvgIpc) is 2.63. The Kier molecular flexibility index (Phi) is 3.75. The molecule has 6 heteroatoms. The van der Waals surface area contributed by atoms with Gasteiger partial charge >= 0.3 is 6.18 Å². The van der Waals surface area contributed by atoms with Gasteiger partial charge in [-0.05, 0) is 19.8 Å². The summed E-state index contributed by atoms with van der Waals surface area (Å²) in [6.45, 7) is 4.97. The molecule has 2 nitrogen and oxygen atoms in total. The first kappa shape index (κ1) is 13.2. The van der Waals surface area contributed by atoms with Crippen molar-refractivity contribution in [3.05, 3.63) is 28.7 Å². The van der Waals surface area contributed by atoms with Crippen molar-refractivity contribution < 1.29 is 18.3 Å². The van der Waals surface area contributed by atoms with E-state index in [-0.39, 0.29) is 4.88 Å². The number of halogens is 3. The van der Waals surface area contributed by atoms with E-state index in [1.54, 1.807) is 6.08 Å². The molecule has 0 saturated heterocycles. The standard InChI is InChI=1S/C10H12F3NOS/c1-3-4-5-9(2,15)7-6-14-8(16-7)10(11,12)13/h3,6,15H,1,4-5H2,2H3. The van der Waals surface area contributed by atoms with Crippen molar-refractivity contribution in [2.75, 3.05) is 0 Å². The van der Waals surface area contributed by atoms with Crippen molar-refractivity contribution in [3.8, 4) is 0 Å². The third-order valence-electron chi connectivity index (χ3n) is 2.11. The Morgan fingerprint density at radius 2 is 2.19 bits per heavy atom. The van der Waals surface area contributed by atoms with Crippen LogP contribution in [0.15, 0.2) is 18.9 Å². The first-order valence-electron chi connectivity index (χ1n) is 4.64. The van der Waals surface area contributed by atoms with Crippen LogP contribution in [0.2, 0.25) is 0 Å². The third kappa shape index (κ3) is 3.05. The molecule has 1 rings (SSSR count). The molecule has 0 aromatic carbocycles. The number of hydrogen-bond donors (Lipinski definition) is 1. The fourth-order valence-electron chi connectivity index (χ4n) is 1.16. The van der Waals surface area contributed by atoms with E-state index in [0.717, 1.165) is 6.20 Å². The molecule has 1 aromatic heterocycles. The number of rotatable bonds is 4. The van der Waals surface area contributed by atoms with Gasteiger partial charge in [-0.3, -0.25) is 0 Å². The molecule has 0 fully saturated rings. The summed E-state index contributed by atoms with van der Waals surface area (Å²) < 4.78 is 36.9. The van der Waals surface area contributed by atoms with Crippen molar-refractivity contribution in [1.29, 1.82) is 0 Å². The minimum Gasteiger partial charge on any atom is -0.385 e. The van der Waals surface area contributed by atoms with Gasteiger partial charge in [0.1, 0.15) is 0 Å². The Labute approximate surface area is 95.4 Å². The second kappa shape index (κ2) is 4.55. The number of allylic oxidation sites excluding steroid dienone is 1. The van der Waals surface area contributed by atoms with E-state index >= 15 is 0 Å². The average molecular weight is 251 g/mol. The van der Waals surface area contributed by atoms with Crippen LogP contribution in [0.5, 0.6) is 0 Å². The Hall–Kier alpha value is -0.880. The number of nitrogens with zero attached hydrogens (tertiary/aromatic N) is 1. The van der Waals surface area contributed by atoms with Gasteiger partial charge in [-0.1, -0.05) is 6.08 Å². The molecule has 16 heavy (non-hydrogen) atoms. The first-order chi connectivity index (χ1) is 7.27. The van der Waals surface area contributed by atoms with Gasteiger partial charge in [0.25, 0.3) is 0 Å². The third-order valence-corrected chi connectivity index (χ3v) is 3.41. The van der Waals surface area contributed by atoms with E-state index < -0.39 is 16.8 Å². The van der Waals surface area contributed by atoms with Crippen LogP contribution in [-0.2, 0) is 11.8 Å². The van der Waals surface area contributed by atoms with Crippen LogP contribution in [-0.4, -0.2) is 10.1 Å². The largest absolute Gasteiger partial charge is 0.443 e. The lowest BCUT2D eigenvalue weighted by molar-refractivity contribution is -0.137. The molecule has 1 aromatic rings. The monoisotopic (exact) mass is 251 g/mol. The maximum atomic E-state index is 12.3. The maximum Gasteiger partial charge on any atom is 0.443 e. The maximum absolute atomic E-state index is 12.3. The molecular formula is C10H12F3NOS. The van der Waals surface area contributed by atoms with Crippen molar-refractivity contribution >= 4 is 11.3 Å². The molecule has 90 valence electrons. The quantitative estimate of drug-likeness (QED) is 0.832. The lowest BCUT2D eigenvalue weighted by Gasteiger charge is -2.20. The number of aromatic nitrogens is 1. The summed E-state index contributed by atoms with van der Waals surface area (Å²) in [5, 5.41) is 9.02. The zero-order valence-electron chi connectivity index (χ0n) is 8.71. The molecule has 0 aliphatic carbocycles. The predicted molar refractivity (Wildman–Crippen MR) is 56.1 cm³/mol. The molecule has 0 amide bonds. The second-order valence-electron chi connectivity index (χ2n) is 3.63. The van der Waals surface area contributed by atoms with E-state index in [0.29, 0.717) is 24.2 Å². The van der Waals surface area contributed by atoms with E-state index in [1.165, 1.54) is 6.92 Å². The van der Waals surface area contributed by atoms with Crippen molar-refractivity contribution in [1.82, 2.24) is 4.98 Å². The zero-order valence-corrected chi connectivity index (χ0v) is 9.53. The SMILES string of the molecule is C=CCCC(C)(O)c1cnc(C(F)(F)F)s1. The summed E-state index contributed by atoms with van der Waals surface area (Å²) in [6.07, 6.45) is -0.892. The molecule has 1 heterocycles. The van der Waals surface area contributed by atoms with Gasteiger partial charge in [0.2, 0.25) is 0 Å². The Bertz CT molecular complexity index is 370. The Morgan fingerprint density at radius 1 is 1.56 bits per heavy atom. The van der Waals surface area contributed by atoms with E-state index in [1.807, 2.05) is 0 Å². The van der Waals surface area contributed by atoms with E-state index in [2.05, 4.69) is 11.6 Å². The summed E-state index contributed by atoms with van der Waals surface area (Å²) in [7, 11) is 0. The van der Waals surface area contributed by atoms with Gasteiger partial charge in [-0.25, -0.2) is 4.98 Å². The zero-order chi connectivity index (χ0) is 12.4. The fourth-order valence-corrected chi connectivity index (χ4v) is 2.02. The lowest BCUT2D eigenvalue weighted by Crippen LogP contribution is -2.19. The second-order valence-corrected chi connectivity index (χ2v) is 4.66. The van der Waals surface area contributed by atoms with Crippen LogP contribution in [0.4, 0.5) is 13.2 Å². The van der Waals surface area contributed by atoms with E-state index in [9.17, 15) is 18.3 Å². The first-order valence-corrected chi connectivity index (χ1v) is 5.46. The highest BCUT2D eigenvalue weighted by Gasteiger charge is 2.36. The fraction of sp³-hybridized carbons (Fsp3) is 0.500. The van der Waals surface area contributed by atoms with Crippen LogP contribution >= 0.6 is 11.3 Å². The van der Waals surface area contributed by atoms with Crippen LogP contribution < -0.4 is 0 Å². The van der Waals surface area contributed by atoms with Crippen LogP contribution in [0.1, 0.15) is 29.7 Å². The molecule has 0 radical (unpaired) electrons. The van der Waals surface area contributed by atoms with Crippen molar-refractivity contribution in [2.45, 2.75) is 31.5 Å². The van der Waals surface area contributed by atoms with Crippen molar-refractivity contribution in [3.63, 3.8) is 0 Å². The molecule has 1 unspecified atom stereocenters. The molecule has 0 saturated carbocycles. The van der Waals surface area contributed by atoms with Crippen molar-refractivity contribution in [2.24, 2.45) is 0 Å². The highest BCUT2D eigenvalue weighted by molar-refractivity contribution is 7.11. The van der Waals surface area contributed by atoms with Gasteiger partial charge in [0, 0.05) is 6.20 Å². The molecule has 1 atom stereocenters. The number of alkyl halides is 3. The van der Waals surface area contributed by atoms with Gasteiger partial charge in [-0.2, -0.15) is 13.2 Å². The Morgan fingerprint density at radius 3 is 2.62 bits per heavy atom. The predicted octanol–water partition coefficient (Wildman–Crippen LogP) is 3.34. The van der Waals surface area contributed by atoms with Gasteiger partial charge in [0.15, 0.2) is 5.01 Å². The smallest absolute Gasteiger partial charge is 0.385 e. The summed E-state index contributed by atoms with van der Waals surface area (Å²) >= 11 is 0.477. The highest BCUT2D eigenvalue weighted by Crippen LogP contribution is 2.37. The molecular weight excluding hydrogens is 239 g/mol. The normalized spacial score (nSPS) is 15.8. The number of hydrogen-bond acceptors (Lipinski definition) is 3. The number of aliphatic hydroxyl groups is 1. The molecule has 0 bridgehead atoms. The summed E-state index contributed by atoms with van der Waals surface area (Å²) in [5.74, 6) is 0. The van der Waals surface area contributed by atoms with Gasteiger partial charge < -0.3 is 5.11 Å². The minimum atomic E-state index is -4.45. The van der Waals surface area contributed by atoms with Crippen LogP contribution in [0.3, 0.4) is 0 Å². The van der Waals surface area contributed by atoms with Gasteiger partial charge in [0.05, 0.1) is 10.5 Å². The van der Waals surface area contributed by atoms with Crippen LogP contribution in [0.25, 0.3) is 0 Å². The molecule has 0 aliphatic heterocycles. The highest BCUT2D eigenvalue weighted by atomic mass is 32.1. The summed E-state index contributed by atoms with van der Waals surface area (Å²) in [6, 6.07) is 0. The van der Waals surface area contributed by atoms with Gasteiger partial charge in [-0.15, -0.1) is 17.9 Å². The van der Waals surface area contributed by atoms with Crippen LogP contribution in [0, 0.1) is 0 Å². The topological polar surface area (TPSA) is 33.1 Å².